The number of sulfonamides is 1. The Morgan fingerprint density at radius 2 is 1.73 bits per heavy atom. The van der Waals surface area contributed by atoms with Crippen LogP contribution in [0.5, 0.6) is 5.75 Å². The van der Waals surface area contributed by atoms with E-state index in [-0.39, 0.29) is 41.7 Å². The average Bonchev–Trinajstić information content (AvgIpc) is 2.80. The molecule has 178 valence electrons. The minimum absolute atomic E-state index is 0.0149. The molecule has 1 aliphatic heterocycles. The van der Waals surface area contributed by atoms with Crippen molar-refractivity contribution in [3.05, 3.63) is 59.7 Å². The van der Waals surface area contributed by atoms with Crippen molar-refractivity contribution < 1.29 is 31.5 Å². The highest BCUT2D eigenvalue weighted by atomic mass is 32.2. The molecule has 3 rings (SSSR count). The van der Waals surface area contributed by atoms with E-state index in [1.54, 1.807) is 17.0 Å². The minimum atomic E-state index is -3.79. The van der Waals surface area contributed by atoms with Crippen LogP contribution >= 0.6 is 0 Å². The molecule has 0 saturated carbocycles. The summed E-state index contributed by atoms with van der Waals surface area (Å²) in [5.41, 5.74) is 1.03. The quantitative estimate of drug-likeness (QED) is 0.623. The van der Waals surface area contributed by atoms with Gasteiger partial charge in [-0.25, -0.2) is 8.42 Å². The van der Waals surface area contributed by atoms with E-state index in [9.17, 15) is 26.8 Å². The van der Waals surface area contributed by atoms with Crippen LogP contribution in [0.4, 0.5) is 8.78 Å². The summed E-state index contributed by atoms with van der Waals surface area (Å²) in [5.74, 6) is -0.465. The first-order valence-corrected chi connectivity index (χ1v) is 11.8. The summed E-state index contributed by atoms with van der Waals surface area (Å²) in [5, 5.41) is 2.73. The van der Waals surface area contributed by atoms with Crippen molar-refractivity contribution in [2.45, 2.75) is 24.9 Å². The van der Waals surface area contributed by atoms with E-state index >= 15 is 0 Å². The van der Waals surface area contributed by atoms with Crippen LogP contribution in [-0.4, -0.2) is 68.8 Å². The lowest BCUT2D eigenvalue weighted by atomic mass is 10.1. The van der Waals surface area contributed by atoms with Crippen molar-refractivity contribution in [1.29, 1.82) is 0 Å². The Morgan fingerprint density at radius 3 is 2.33 bits per heavy atom. The smallest absolute Gasteiger partial charge is 0.387 e. The molecule has 0 aromatic heterocycles. The van der Waals surface area contributed by atoms with Gasteiger partial charge in [-0.2, -0.15) is 13.1 Å². The van der Waals surface area contributed by atoms with Gasteiger partial charge in [-0.15, -0.1) is 0 Å². The number of carbonyl (C=O) groups excluding carboxylic acids is 2. The minimum Gasteiger partial charge on any atom is -0.435 e. The first-order chi connectivity index (χ1) is 15.7. The molecular weight excluding hydrogens is 456 g/mol. The number of rotatable bonds is 8. The second kappa shape index (κ2) is 10.7. The molecule has 8 nitrogen and oxygen atoms in total. The van der Waals surface area contributed by atoms with Crippen LogP contribution in [0, 0.1) is 0 Å². The highest BCUT2D eigenvalue weighted by molar-refractivity contribution is 7.89. The molecule has 2 aromatic carbocycles. The third kappa shape index (κ3) is 6.48. The summed E-state index contributed by atoms with van der Waals surface area (Å²) in [6.45, 7) is -0.131. The molecule has 1 aliphatic rings. The number of halogens is 2. The molecule has 0 radical (unpaired) electrons. The summed E-state index contributed by atoms with van der Waals surface area (Å²) in [6.07, 6.45) is 0.457. The second-order valence-corrected chi connectivity index (χ2v) is 9.40. The maximum Gasteiger partial charge on any atom is 0.387 e. The number of hydrogen-bond donors (Lipinski definition) is 1. The van der Waals surface area contributed by atoms with E-state index in [0.29, 0.717) is 19.5 Å². The van der Waals surface area contributed by atoms with Gasteiger partial charge in [0.1, 0.15) is 5.75 Å². The molecule has 0 spiro atoms. The second-order valence-electron chi connectivity index (χ2n) is 7.47. The molecule has 0 aliphatic carbocycles. The third-order valence-corrected chi connectivity index (χ3v) is 7.16. The third-order valence-electron chi connectivity index (χ3n) is 5.27. The van der Waals surface area contributed by atoms with Crippen LogP contribution < -0.4 is 10.1 Å². The Balaban J connectivity index is 1.57. The fourth-order valence-electron chi connectivity index (χ4n) is 3.45. The first kappa shape index (κ1) is 24.6. The van der Waals surface area contributed by atoms with E-state index in [1.807, 2.05) is 0 Å². The predicted octanol–water partition coefficient (Wildman–Crippen LogP) is 2.11. The van der Waals surface area contributed by atoms with Crippen molar-refractivity contribution in [3.8, 4) is 5.75 Å². The zero-order valence-electron chi connectivity index (χ0n) is 18.0. The topological polar surface area (TPSA) is 96.0 Å². The average molecular weight is 482 g/mol. The van der Waals surface area contributed by atoms with Gasteiger partial charge < -0.3 is 15.0 Å². The molecule has 1 N–H and O–H groups in total. The van der Waals surface area contributed by atoms with Crippen LogP contribution in [0.3, 0.4) is 0 Å². The van der Waals surface area contributed by atoms with Crippen molar-refractivity contribution in [1.82, 2.24) is 14.5 Å². The van der Waals surface area contributed by atoms with Crippen molar-refractivity contribution in [2.75, 3.05) is 32.7 Å². The van der Waals surface area contributed by atoms with E-state index < -0.39 is 22.5 Å². The van der Waals surface area contributed by atoms with Gasteiger partial charge in [0.2, 0.25) is 15.9 Å². The lowest BCUT2D eigenvalue weighted by molar-refractivity contribution is -0.129. The number of alkyl halides is 2. The largest absolute Gasteiger partial charge is 0.435 e. The van der Waals surface area contributed by atoms with Gasteiger partial charge in [0.15, 0.2) is 0 Å². The van der Waals surface area contributed by atoms with Gasteiger partial charge in [0.05, 0.1) is 4.90 Å². The van der Waals surface area contributed by atoms with Gasteiger partial charge in [-0.1, -0.05) is 18.2 Å². The standard InChI is InChI=1S/C22H25F2N3O5S/c1-16(28)26-11-13-27(14-12-26)33(30,31)20-4-2-3-18(15-20)21(29)25-10-9-17-5-7-19(8-6-17)32-22(23)24/h2-8,15,22H,9-14H2,1H3,(H,25,29). The molecule has 1 fully saturated rings. The highest BCUT2D eigenvalue weighted by Crippen LogP contribution is 2.19. The molecule has 0 unspecified atom stereocenters. The van der Waals surface area contributed by atoms with Crippen LogP contribution in [0.25, 0.3) is 0 Å². The molecule has 0 bridgehead atoms. The molecular formula is C22H25F2N3O5S. The molecule has 2 amide bonds. The number of piperazine rings is 1. The molecule has 33 heavy (non-hydrogen) atoms. The monoisotopic (exact) mass is 481 g/mol. The van der Waals surface area contributed by atoms with Gasteiger partial charge in [-0.05, 0) is 42.3 Å². The molecule has 2 aromatic rings. The van der Waals surface area contributed by atoms with Gasteiger partial charge in [0, 0.05) is 45.2 Å². The number of carbonyl (C=O) groups is 2. The normalized spacial score (nSPS) is 14.8. The Morgan fingerprint density at radius 1 is 1.06 bits per heavy atom. The maximum absolute atomic E-state index is 13.0. The van der Waals surface area contributed by atoms with Crippen molar-refractivity contribution >= 4 is 21.8 Å². The Hall–Kier alpha value is -3.05. The zero-order valence-corrected chi connectivity index (χ0v) is 18.9. The Kier molecular flexibility index (Phi) is 7.98. The fourth-order valence-corrected chi connectivity index (χ4v) is 4.92. The van der Waals surface area contributed by atoms with Gasteiger partial charge in [-0.3, -0.25) is 9.59 Å². The van der Waals surface area contributed by atoms with Gasteiger partial charge >= 0.3 is 6.61 Å². The lowest BCUT2D eigenvalue weighted by Gasteiger charge is -2.33. The molecule has 1 heterocycles. The van der Waals surface area contributed by atoms with E-state index in [1.165, 1.54) is 47.6 Å². The molecule has 11 heteroatoms. The highest BCUT2D eigenvalue weighted by Gasteiger charge is 2.29. The Labute approximate surface area is 191 Å². The summed E-state index contributed by atoms with van der Waals surface area (Å²) >= 11 is 0. The number of nitrogens with one attached hydrogen (secondary N) is 1. The van der Waals surface area contributed by atoms with Crippen molar-refractivity contribution in [2.24, 2.45) is 0 Å². The first-order valence-electron chi connectivity index (χ1n) is 10.3. The summed E-state index contributed by atoms with van der Waals surface area (Å²) in [7, 11) is -3.79. The maximum atomic E-state index is 13.0. The van der Waals surface area contributed by atoms with Crippen LogP contribution in [0.1, 0.15) is 22.8 Å². The van der Waals surface area contributed by atoms with Gasteiger partial charge in [0.25, 0.3) is 5.91 Å². The van der Waals surface area contributed by atoms with Crippen LogP contribution in [-0.2, 0) is 21.2 Å². The Bertz CT molecular complexity index is 1090. The molecule has 1 saturated heterocycles. The number of amides is 2. The SMILES string of the molecule is CC(=O)N1CCN(S(=O)(=O)c2cccc(C(=O)NCCc3ccc(OC(F)F)cc3)c2)CC1. The van der Waals surface area contributed by atoms with Crippen LogP contribution in [0.2, 0.25) is 0 Å². The lowest BCUT2D eigenvalue weighted by Crippen LogP contribution is -2.49. The summed E-state index contributed by atoms with van der Waals surface area (Å²) in [4.78, 5) is 25.6. The zero-order chi connectivity index (χ0) is 24.0. The summed E-state index contributed by atoms with van der Waals surface area (Å²) < 4.78 is 55.9. The fraction of sp³-hybridized carbons (Fsp3) is 0.364. The van der Waals surface area contributed by atoms with E-state index in [4.69, 9.17) is 0 Å². The molecule has 0 atom stereocenters. The number of ether oxygens (including phenoxy) is 1. The number of hydrogen-bond acceptors (Lipinski definition) is 5. The van der Waals surface area contributed by atoms with Crippen molar-refractivity contribution in [3.63, 3.8) is 0 Å². The van der Waals surface area contributed by atoms with E-state index in [0.717, 1.165) is 5.56 Å². The number of benzene rings is 2. The predicted molar refractivity (Wildman–Crippen MR) is 117 cm³/mol. The summed E-state index contributed by atoms with van der Waals surface area (Å²) in [6, 6.07) is 11.9. The van der Waals surface area contributed by atoms with Crippen LogP contribution in [0.15, 0.2) is 53.4 Å². The van der Waals surface area contributed by atoms with E-state index in [2.05, 4.69) is 10.1 Å². The number of nitrogens with zero attached hydrogens (tertiary/aromatic N) is 2.